The number of carbonyl (C=O) groups excluding carboxylic acids is 1. The summed E-state index contributed by atoms with van der Waals surface area (Å²) in [5, 5.41) is 0. The summed E-state index contributed by atoms with van der Waals surface area (Å²) in [6.45, 7) is 8.89. The number of hydrogen-bond donors (Lipinski definition) is 0. The van der Waals surface area contributed by atoms with Gasteiger partial charge in [-0.2, -0.15) is 0 Å². The van der Waals surface area contributed by atoms with Crippen molar-refractivity contribution in [2.45, 2.75) is 32.6 Å². The molecule has 2 nitrogen and oxygen atoms in total. The van der Waals surface area contributed by atoms with Crippen molar-refractivity contribution in [2.75, 3.05) is 7.11 Å². The van der Waals surface area contributed by atoms with Gasteiger partial charge < -0.3 is 9.53 Å². The quantitative estimate of drug-likeness (QED) is 0.573. The van der Waals surface area contributed by atoms with Crippen molar-refractivity contribution in [3.8, 4) is 5.75 Å². The van der Waals surface area contributed by atoms with Crippen LogP contribution in [0.1, 0.15) is 12.5 Å². The number of ether oxygens (including phenoxy) is 1. The van der Waals surface area contributed by atoms with Gasteiger partial charge in [0, 0.05) is 14.0 Å². The van der Waals surface area contributed by atoms with Gasteiger partial charge in [0.15, 0.2) is 0 Å². The van der Waals surface area contributed by atoms with E-state index in [1.807, 2.05) is 31.2 Å². The number of benzene rings is 1. The van der Waals surface area contributed by atoms with Gasteiger partial charge in [-0.25, -0.2) is 0 Å². The second-order valence-electron chi connectivity index (χ2n) is 5.98. The van der Waals surface area contributed by atoms with E-state index in [0.717, 1.165) is 29.2 Å². The highest BCUT2D eigenvalue weighted by atomic mass is 28.3. The van der Waals surface area contributed by atoms with Gasteiger partial charge in [0.05, 0.1) is 7.11 Å². The lowest BCUT2D eigenvalue weighted by molar-refractivity contribution is -0.109. The second-order valence-corrected chi connectivity index (χ2v) is 11.5. The topological polar surface area (TPSA) is 26.3 Å². The first-order valence-electron chi connectivity index (χ1n) is 6.67. The Morgan fingerprint density at radius 1 is 1.26 bits per heavy atom. The van der Waals surface area contributed by atoms with E-state index in [0.29, 0.717) is 0 Å². The van der Waals surface area contributed by atoms with Crippen LogP contribution in [-0.4, -0.2) is 21.5 Å². The first kappa shape index (κ1) is 15.7. The highest BCUT2D eigenvalue weighted by Crippen LogP contribution is 2.30. The Kier molecular flexibility index (Phi) is 5.55. The van der Waals surface area contributed by atoms with Gasteiger partial charge in [-0.05, 0) is 36.2 Å². The predicted molar refractivity (Wildman–Crippen MR) is 84.4 cm³/mol. The average Bonchev–Trinajstić information content (AvgIpc) is 2.37. The van der Waals surface area contributed by atoms with Crippen molar-refractivity contribution < 1.29 is 9.53 Å². The fraction of sp³-hybridized carbons (Fsp3) is 0.438. The molecular weight excluding hydrogens is 252 g/mol. The van der Waals surface area contributed by atoms with Crippen molar-refractivity contribution in [1.29, 1.82) is 0 Å². The van der Waals surface area contributed by atoms with Crippen molar-refractivity contribution in [3.63, 3.8) is 0 Å². The van der Waals surface area contributed by atoms with Gasteiger partial charge in [-0.15, -0.1) is 0 Å². The third kappa shape index (κ3) is 4.67. The number of carbonyl (C=O) groups is 1. The van der Waals surface area contributed by atoms with Gasteiger partial charge in [0.25, 0.3) is 0 Å². The highest BCUT2D eigenvalue weighted by Gasteiger charge is 2.23. The van der Waals surface area contributed by atoms with Crippen LogP contribution >= 0.6 is 0 Å². The smallest absolute Gasteiger partial charge is 0.127 e. The Balaban J connectivity index is 3.00. The zero-order valence-corrected chi connectivity index (χ0v) is 13.6. The van der Waals surface area contributed by atoms with Gasteiger partial charge in [0.2, 0.25) is 0 Å². The van der Waals surface area contributed by atoms with E-state index in [1.54, 1.807) is 7.11 Å². The van der Waals surface area contributed by atoms with Crippen molar-refractivity contribution in [3.05, 3.63) is 35.9 Å². The van der Waals surface area contributed by atoms with Gasteiger partial charge in [-0.1, -0.05) is 37.8 Å². The monoisotopic (exact) mass is 276 g/mol. The van der Waals surface area contributed by atoms with Crippen LogP contribution in [0.3, 0.4) is 0 Å². The summed E-state index contributed by atoms with van der Waals surface area (Å²) in [5.41, 5.74) is 2.23. The third-order valence-electron chi connectivity index (χ3n) is 3.13. The molecule has 1 aromatic carbocycles. The minimum absolute atomic E-state index is 0.00469. The molecule has 1 atom stereocenters. The van der Waals surface area contributed by atoms with E-state index in [9.17, 15) is 4.79 Å². The van der Waals surface area contributed by atoms with Gasteiger partial charge >= 0.3 is 0 Å². The van der Waals surface area contributed by atoms with E-state index in [4.69, 9.17) is 4.74 Å². The molecule has 1 rings (SSSR count). The maximum Gasteiger partial charge on any atom is 0.127 e. The van der Waals surface area contributed by atoms with E-state index in [1.165, 1.54) is 0 Å². The maximum atomic E-state index is 11.4. The van der Waals surface area contributed by atoms with Crippen LogP contribution in [0.4, 0.5) is 0 Å². The normalized spacial score (nSPS) is 14.1. The van der Waals surface area contributed by atoms with Gasteiger partial charge in [0.1, 0.15) is 12.0 Å². The number of aldehydes is 1. The summed E-state index contributed by atoms with van der Waals surface area (Å²) in [6.07, 6.45) is 3.15. The van der Waals surface area contributed by atoms with Crippen LogP contribution in [0.5, 0.6) is 5.75 Å². The minimum Gasteiger partial charge on any atom is -0.497 e. The molecule has 0 amide bonds. The van der Waals surface area contributed by atoms with Crippen LogP contribution in [0.2, 0.25) is 25.7 Å². The lowest BCUT2D eigenvalue weighted by Gasteiger charge is -2.23. The molecule has 0 fully saturated rings. The molecule has 104 valence electrons. The molecule has 0 radical (unpaired) electrons. The standard InChI is InChI=1S/C16H24O2Si/c1-6-16(14(11-17)12-19(3,4)5)13-7-9-15(18-2)10-8-13/h6-11,14H,12H2,1-5H3/b16-6+. The Hall–Kier alpha value is -1.35. The first-order chi connectivity index (χ1) is 8.91. The third-order valence-corrected chi connectivity index (χ3v) is 4.79. The molecule has 1 aromatic rings. The van der Waals surface area contributed by atoms with Crippen LogP contribution in [0.25, 0.3) is 5.57 Å². The summed E-state index contributed by atoms with van der Waals surface area (Å²) >= 11 is 0. The van der Waals surface area contributed by atoms with E-state index in [2.05, 4.69) is 25.7 Å². The number of allylic oxidation sites excluding steroid dienone is 2. The van der Waals surface area contributed by atoms with Crippen molar-refractivity contribution in [1.82, 2.24) is 0 Å². The highest BCUT2D eigenvalue weighted by molar-refractivity contribution is 6.76. The van der Waals surface area contributed by atoms with Crippen LogP contribution in [0.15, 0.2) is 30.3 Å². The zero-order chi connectivity index (χ0) is 14.5. The number of rotatable bonds is 6. The minimum atomic E-state index is -1.27. The van der Waals surface area contributed by atoms with Crippen LogP contribution in [-0.2, 0) is 4.79 Å². The summed E-state index contributed by atoms with van der Waals surface area (Å²) < 4.78 is 5.17. The Morgan fingerprint density at radius 3 is 2.21 bits per heavy atom. The number of hydrogen-bond acceptors (Lipinski definition) is 2. The predicted octanol–water partition coefficient (Wildman–Crippen LogP) is 4.25. The first-order valence-corrected chi connectivity index (χ1v) is 10.4. The molecule has 3 heteroatoms. The number of methoxy groups -OCH3 is 1. The molecule has 0 aromatic heterocycles. The molecule has 0 heterocycles. The fourth-order valence-corrected chi connectivity index (χ4v) is 3.91. The Bertz CT molecular complexity index is 441. The zero-order valence-electron chi connectivity index (χ0n) is 12.6. The fourth-order valence-electron chi connectivity index (χ4n) is 2.27. The summed E-state index contributed by atoms with van der Waals surface area (Å²) in [4.78, 5) is 11.4. The molecular formula is C16H24O2Si. The molecule has 0 spiro atoms. The van der Waals surface area contributed by atoms with Crippen LogP contribution in [0, 0.1) is 5.92 Å². The van der Waals surface area contributed by atoms with Crippen molar-refractivity contribution in [2.24, 2.45) is 5.92 Å². The molecule has 19 heavy (non-hydrogen) atoms. The summed E-state index contributed by atoms with van der Waals surface area (Å²) in [5.74, 6) is 0.845. The molecule has 0 aliphatic carbocycles. The largest absolute Gasteiger partial charge is 0.497 e. The summed E-state index contributed by atoms with van der Waals surface area (Å²) in [6, 6.07) is 8.91. The molecule has 1 unspecified atom stereocenters. The van der Waals surface area contributed by atoms with Gasteiger partial charge in [-0.3, -0.25) is 0 Å². The van der Waals surface area contributed by atoms with E-state index < -0.39 is 8.07 Å². The van der Waals surface area contributed by atoms with Crippen molar-refractivity contribution >= 4 is 19.9 Å². The summed E-state index contributed by atoms with van der Waals surface area (Å²) in [7, 11) is 0.390. The molecule has 0 bridgehead atoms. The molecule has 0 N–H and O–H groups in total. The van der Waals surface area contributed by atoms with E-state index >= 15 is 0 Å². The molecule has 0 saturated heterocycles. The molecule has 0 saturated carbocycles. The SMILES string of the molecule is C/C=C(\c1ccc(OC)cc1)C(C=O)C[Si](C)(C)C. The Labute approximate surface area is 117 Å². The van der Waals surface area contributed by atoms with Crippen LogP contribution < -0.4 is 4.74 Å². The maximum absolute atomic E-state index is 11.4. The lowest BCUT2D eigenvalue weighted by Crippen LogP contribution is -2.25. The second kappa shape index (κ2) is 6.71. The lowest BCUT2D eigenvalue weighted by atomic mass is 9.94. The van der Waals surface area contributed by atoms with E-state index in [-0.39, 0.29) is 5.92 Å². The Morgan fingerprint density at radius 2 is 1.84 bits per heavy atom. The molecule has 0 aliphatic heterocycles. The average molecular weight is 276 g/mol. The molecule has 0 aliphatic rings.